The number of carbonyl (C=O) groups is 2. The van der Waals surface area contributed by atoms with Gasteiger partial charge in [-0.15, -0.1) is 0 Å². The van der Waals surface area contributed by atoms with Crippen molar-refractivity contribution >= 4 is 27.5 Å². The van der Waals surface area contributed by atoms with E-state index in [4.69, 9.17) is 4.74 Å². The molecule has 1 aliphatic rings. The van der Waals surface area contributed by atoms with Gasteiger partial charge in [0, 0.05) is 50.5 Å². The Kier molecular flexibility index (Phi) is 8.68. The van der Waals surface area contributed by atoms with Crippen LogP contribution >= 0.6 is 0 Å². The fourth-order valence-corrected chi connectivity index (χ4v) is 5.02. The van der Waals surface area contributed by atoms with Gasteiger partial charge in [-0.25, -0.2) is 8.42 Å². The number of likely N-dealkylation sites (tertiary alicyclic amines) is 1. The van der Waals surface area contributed by atoms with Crippen molar-refractivity contribution in [2.45, 2.75) is 38.0 Å². The molecule has 1 heterocycles. The number of amides is 2. The first-order valence-corrected chi connectivity index (χ1v) is 13.0. The van der Waals surface area contributed by atoms with Gasteiger partial charge in [-0.1, -0.05) is 6.07 Å². The van der Waals surface area contributed by atoms with Crippen molar-refractivity contribution < 1.29 is 22.7 Å². The number of nitrogens with zero attached hydrogens (tertiary/aromatic N) is 1. The first-order chi connectivity index (χ1) is 16.2. The van der Waals surface area contributed by atoms with Crippen LogP contribution < -0.4 is 10.0 Å². The fraction of sp³-hybridized carbons (Fsp3) is 0.440. The van der Waals surface area contributed by atoms with E-state index in [1.807, 2.05) is 13.8 Å². The number of ether oxygens (including phenoxy) is 1. The van der Waals surface area contributed by atoms with E-state index in [0.717, 1.165) is 17.5 Å². The van der Waals surface area contributed by atoms with Crippen molar-refractivity contribution in [2.24, 2.45) is 5.92 Å². The third-order valence-corrected chi connectivity index (χ3v) is 7.53. The van der Waals surface area contributed by atoms with Crippen LogP contribution in [0.15, 0.2) is 47.4 Å². The summed E-state index contributed by atoms with van der Waals surface area (Å²) < 4.78 is 32.9. The standard InChI is InChI=1S/C25H33N3O5S/c1-18-5-10-23(17-19(18)2)34(31,32)27-22-8-6-21(7-9-22)25(30)28-14-11-20(12-15-28)24(29)26-13-4-16-33-3/h5-10,17,20,27H,4,11-16H2,1-3H3,(H,26,29). The van der Waals surface area contributed by atoms with Gasteiger partial charge in [0.1, 0.15) is 0 Å². The summed E-state index contributed by atoms with van der Waals surface area (Å²) in [4.78, 5) is 27.1. The van der Waals surface area contributed by atoms with Crippen LogP contribution in [-0.4, -0.2) is 58.5 Å². The quantitative estimate of drug-likeness (QED) is 0.529. The second-order valence-corrected chi connectivity index (χ2v) is 10.3. The summed E-state index contributed by atoms with van der Waals surface area (Å²) in [5, 5.41) is 2.93. The molecule has 2 aromatic rings. The lowest BCUT2D eigenvalue weighted by molar-refractivity contribution is -0.126. The monoisotopic (exact) mass is 487 g/mol. The number of hydrogen-bond acceptors (Lipinski definition) is 5. The maximum absolute atomic E-state index is 12.9. The Morgan fingerprint density at radius 1 is 1.03 bits per heavy atom. The molecule has 1 fully saturated rings. The van der Waals surface area contributed by atoms with Gasteiger partial charge in [0.05, 0.1) is 4.90 Å². The van der Waals surface area contributed by atoms with Gasteiger partial charge in [-0.05, 0) is 80.6 Å². The summed E-state index contributed by atoms with van der Waals surface area (Å²) in [5.74, 6) is -0.181. The van der Waals surface area contributed by atoms with Crippen LogP contribution in [0.25, 0.3) is 0 Å². The molecule has 0 unspecified atom stereocenters. The summed E-state index contributed by atoms with van der Waals surface area (Å²) in [5.41, 5.74) is 2.79. The Hall–Kier alpha value is -2.91. The van der Waals surface area contributed by atoms with E-state index < -0.39 is 10.0 Å². The molecule has 0 aromatic heterocycles. The van der Waals surface area contributed by atoms with Gasteiger partial charge in [0.15, 0.2) is 0 Å². The van der Waals surface area contributed by atoms with Crippen LogP contribution in [0, 0.1) is 19.8 Å². The molecule has 1 aliphatic heterocycles. The Bertz CT molecular complexity index is 1110. The number of piperidine rings is 1. The summed E-state index contributed by atoms with van der Waals surface area (Å²) >= 11 is 0. The molecule has 3 rings (SSSR count). The predicted molar refractivity (Wildman–Crippen MR) is 131 cm³/mol. The molecule has 1 saturated heterocycles. The van der Waals surface area contributed by atoms with Crippen molar-refractivity contribution in [3.8, 4) is 0 Å². The van der Waals surface area contributed by atoms with Crippen molar-refractivity contribution in [2.75, 3.05) is 38.1 Å². The summed E-state index contributed by atoms with van der Waals surface area (Å²) in [6.45, 7) is 6.01. The highest BCUT2D eigenvalue weighted by atomic mass is 32.2. The second-order valence-electron chi connectivity index (χ2n) is 8.63. The SMILES string of the molecule is COCCCNC(=O)C1CCN(C(=O)c2ccc(NS(=O)(=O)c3ccc(C)c(C)c3)cc2)CC1. The van der Waals surface area contributed by atoms with Crippen LogP contribution in [0.2, 0.25) is 0 Å². The molecule has 0 atom stereocenters. The van der Waals surface area contributed by atoms with Crippen molar-refractivity contribution in [3.63, 3.8) is 0 Å². The van der Waals surface area contributed by atoms with Gasteiger partial charge >= 0.3 is 0 Å². The molecule has 8 nitrogen and oxygen atoms in total. The van der Waals surface area contributed by atoms with E-state index in [-0.39, 0.29) is 22.6 Å². The summed E-state index contributed by atoms with van der Waals surface area (Å²) in [6, 6.07) is 11.4. The van der Waals surface area contributed by atoms with E-state index in [9.17, 15) is 18.0 Å². The zero-order chi connectivity index (χ0) is 24.7. The number of nitrogens with one attached hydrogen (secondary N) is 2. The molecule has 184 valence electrons. The van der Waals surface area contributed by atoms with Crippen LogP contribution in [0.5, 0.6) is 0 Å². The fourth-order valence-electron chi connectivity index (χ4n) is 3.88. The first-order valence-electron chi connectivity index (χ1n) is 11.5. The van der Waals surface area contributed by atoms with Gasteiger partial charge in [0.25, 0.3) is 15.9 Å². The normalized spacial score (nSPS) is 14.6. The zero-order valence-electron chi connectivity index (χ0n) is 20.0. The highest BCUT2D eigenvalue weighted by Crippen LogP contribution is 2.22. The number of carbonyl (C=O) groups excluding carboxylic acids is 2. The maximum atomic E-state index is 12.9. The topological polar surface area (TPSA) is 105 Å². The van der Waals surface area contributed by atoms with Crippen LogP contribution in [0.4, 0.5) is 5.69 Å². The molecule has 34 heavy (non-hydrogen) atoms. The minimum absolute atomic E-state index is 0.0311. The number of hydrogen-bond donors (Lipinski definition) is 2. The van der Waals surface area contributed by atoms with Crippen molar-refractivity contribution in [1.82, 2.24) is 10.2 Å². The lowest BCUT2D eigenvalue weighted by Crippen LogP contribution is -2.43. The molecule has 0 radical (unpaired) electrons. The molecular formula is C25H33N3O5S. The van der Waals surface area contributed by atoms with E-state index in [2.05, 4.69) is 10.0 Å². The number of methoxy groups -OCH3 is 1. The van der Waals surface area contributed by atoms with Crippen LogP contribution in [-0.2, 0) is 19.6 Å². The molecule has 0 spiro atoms. The van der Waals surface area contributed by atoms with E-state index in [1.165, 1.54) is 0 Å². The largest absolute Gasteiger partial charge is 0.385 e. The van der Waals surface area contributed by atoms with Gasteiger partial charge in [0.2, 0.25) is 5.91 Å². The first kappa shape index (κ1) is 25.7. The molecule has 2 N–H and O–H groups in total. The third kappa shape index (κ3) is 6.57. The van der Waals surface area contributed by atoms with Crippen molar-refractivity contribution in [3.05, 3.63) is 59.2 Å². The van der Waals surface area contributed by atoms with Gasteiger partial charge in [-0.3, -0.25) is 14.3 Å². The molecule has 2 amide bonds. The number of rotatable bonds is 9. The van der Waals surface area contributed by atoms with E-state index in [1.54, 1.807) is 54.5 Å². The molecule has 9 heteroatoms. The Labute approximate surface area is 201 Å². The Morgan fingerprint density at radius 2 is 1.71 bits per heavy atom. The van der Waals surface area contributed by atoms with E-state index in [0.29, 0.717) is 50.3 Å². The third-order valence-electron chi connectivity index (χ3n) is 6.15. The molecule has 2 aromatic carbocycles. The van der Waals surface area contributed by atoms with Gasteiger partial charge < -0.3 is 15.0 Å². The Balaban J connectivity index is 1.54. The molecule has 0 aliphatic carbocycles. The van der Waals surface area contributed by atoms with Gasteiger partial charge in [-0.2, -0.15) is 0 Å². The lowest BCUT2D eigenvalue weighted by atomic mass is 9.95. The summed E-state index contributed by atoms with van der Waals surface area (Å²) in [6.07, 6.45) is 2.02. The highest BCUT2D eigenvalue weighted by molar-refractivity contribution is 7.92. The second kappa shape index (κ2) is 11.5. The predicted octanol–water partition coefficient (Wildman–Crippen LogP) is 3.11. The molecule has 0 bridgehead atoms. The smallest absolute Gasteiger partial charge is 0.261 e. The minimum atomic E-state index is -3.72. The number of benzene rings is 2. The average Bonchev–Trinajstić information content (AvgIpc) is 2.83. The number of sulfonamides is 1. The Morgan fingerprint density at radius 3 is 2.32 bits per heavy atom. The number of anilines is 1. The number of aryl methyl sites for hydroxylation is 2. The average molecular weight is 488 g/mol. The zero-order valence-corrected chi connectivity index (χ0v) is 20.8. The van der Waals surface area contributed by atoms with Crippen LogP contribution in [0.1, 0.15) is 40.7 Å². The van der Waals surface area contributed by atoms with Crippen molar-refractivity contribution in [1.29, 1.82) is 0 Å². The maximum Gasteiger partial charge on any atom is 0.261 e. The molecule has 0 saturated carbocycles. The molecular weight excluding hydrogens is 454 g/mol. The lowest BCUT2D eigenvalue weighted by Gasteiger charge is -2.31. The minimum Gasteiger partial charge on any atom is -0.385 e. The van der Waals surface area contributed by atoms with E-state index >= 15 is 0 Å². The summed E-state index contributed by atoms with van der Waals surface area (Å²) in [7, 11) is -2.09. The van der Waals surface area contributed by atoms with Crippen LogP contribution in [0.3, 0.4) is 0 Å². The highest BCUT2D eigenvalue weighted by Gasteiger charge is 2.27.